The van der Waals surface area contributed by atoms with Crippen LogP contribution in [0.2, 0.25) is 0 Å². The lowest BCUT2D eigenvalue weighted by Crippen LogP contribution is -2.23. The van der Waals surface area contributed by atoms with Crippen LogP contribution in [0.5, 0.6) is 11.6 Å². The molecule has 4 heterocycles. The molecule has 0 amide bonds. The zero-order valence-electron chi connectivity index (χ0n) is 19.0. The van der Waals surface area contributed by atoms with Crippen molar-refractivity contribution < 1.29 is 23.1 Å². The molecule has 0 aliphatic carbocycles. The molecule has 0 saturated heterocycles. The first-order chi connectivity index (χ1) is 16.9. The molecule has 0 spiro atoms. The van der Waals surface area contributed by atoms with E-state index < -0.39 is 10.0 Å². The zero-order chi connectivity index (χ0) is 24.8. The van der Waals surface area contributed by atoms with Crippen molar-refractivity contribution in [1.29, 1.82) is 0 Å². The van der Waals surface area contributed by atoms with Gasteiger partial charge in [-0.25, -0.2) is 17.4 Å². The van der Waals surface area contributed by atoms with Crippen LogP contribution in [0.15, 0.2) is 84.2 Å². The van der Waals surface area contributed by atoms with Crippen LogP contribution in [0.1, 0.15) is 12.0 Å². The average molecular weight is 493 g/mol. The standard InChI is InChI=1S/C24H22N4O3S.CH2O2/c1-27-14-11-18(12-15-27)21-17-28(22-8-5-13-25-24(21)22)32(29,30)20-9-10-23(26-16-20)31-19-6-3-2-4-7-19;2-1-3/h2-11,13,16-17H,12,14-15H2,1H3;1H,(H,2,3). The summed E-state index contributed by atoms with van der Waals surface area (Å²) in [5, 5.41) is 6.89. The van der Waals surface area contributed by atoms with Gasteiger partial charge < -0.3 is 14.7 Å². The largest absolute Gasteiger partial charge is 0.483 e. The monoisotopic (exact) mass is 492 g/mol. The van der Waals surface area contributed by atoms with Crippen LogP contribution < -0.4 is 4.74 Å². The molecule has 0 bridgehead atoms. The van der Waals surface area contributed by atoms with E-state index in [0.717, 1.165) is 30.6 Å². The van der Waals surface area contributed by atoms with Gasteiger partial charge in [0.15, 0.2) is 0 Å². The molecule has 5 rings (SSSR count). The highest BCUT2D eigenvalue weighted by Gasteiger charge is 2.24. The number of para-hydroxylation sites is 1. The predicted molar refractivity (Wildman–Crippen MR) is 132 cm³/mol. The lowest BCUT2D eigenvalue weighted by atomic mass is 10.0. The van der Waals surface area contributed by atoms with Crippen molar-refractivity contribution in [3.8, 4) is 11.6 Å². The number of benzene rings is 1. The van der Waals surface area contributed by atoms with Crippen molar-refractivity contribution in [3.63, 3.8) is 0 Å². The van der Waals surface area contributed by atoms with Crippen LogP contribution >= 0.6 is 0 Å². The van der Waals surface area contributed by atoms with Crippen LogP contribution in [0.3, 0.4) is 0 Å². The predicted octanol–water partition coefficient (Wildman–Crippen LogP) is 3.88. The van der Waals surface area contributed by atoms with Crippen molar-refractivity contribution in [1.82, 2.24) is 18.8 Å². The summed E-state index contributed by atoms with van der Waals surface area (Å²) in [4.78, 5) is 19.4. The van der Waals surface area contributed by atoms with Gasteiger partial charge in [-0.05, 0) is 49.4 Å². The number of carbonyl (C=O) groups is 1. The number of rotatable bonds is 5. The summed E-state index contributed by atoms with van der Waals surface area (Å²) in [5.74, 6) is 0.959. The van der Waals surface area contributed by atoms with Gasteiger partial charge in [0, 0.05) is 37.1 Å². The molecule has 3 aromatic heterocycles. The summed E-state index contributed by atoms with van der Waals surface area (Å²) in [5.41, 5.74) is 3.20. The summed E-state index contributed by atoms with van der Waals surface area (Å²) >= 11 is 0. The highest BCUT2D eigenvalue weighted by molar-refractivity contribution is 7.90. The first kappa shape index (κ1) is 24.1. The molecule has 0 saturated carbocycles. The van der Waals surface area contributed by atoms with Crippen LogP contribution in [-0.4, -0.2) is 59.0 Å². The van der Waals surface area contributed by atoms with E-state index in [1.54, 1.807) is 30.6 Å². The Labute approximate surface area is 203 Å². The third-order valence-corrected chi connectivity index (χ3v) is 7.17. The van der Waals surface area contributed by atoms with E-state index in [1.165, 1.54) is 16.2 Å². The maximum absolute atomic E-state index is 13.5. The molecule has 35 heavy (non-hydrogen) atoms. The number of carboxylic acid groups (broad SMARTS) is 1. The molecule has 0 unspecified atom stereocenters. The lowest BCUT2D eigenvalue weighted by molar-refractivity contribution is -0.122. The third kappa shape index (κ3) is 5.23. The van der Waals surface area contributed by atoms with Crippen molar-refractivity contribution in [2.45, 2.75) is 11.3 Å². The SMILES string of the molecule is CN1CC=C(c2cn(S(=O)(=O)c3ccc(Oc4ccccc4)nc3)c3cccnc23)CC1.O=CO. The van der Waals surface area contributed by atoms with E-state index in [9.17, 15) is 8.42 Å². The fraction of sp³-hybridized carbons (Fsp3) is 0.160. The number of hydrogen-bond acceptors (Lipinski definition) is 7. The lowest BCUT2D eigenvalue weighted by Gasteiger charge is -2.21. The second-order valence-electron chi connectivity index (χ2n) is 7.81. The Morgan fingerprint density at radius 3 is 2.49 bits per heavy atom. The average Bonchev–Trinajstić information content (AvgIpc) is 3.27. The molecule has 10 heteroatoms. The van der Waals surface area contributed by atoms with E-state index >= 15 is 0 Å². The van der Waals surface area contributed by atoms with Gasteiger partial charge in [-0.1, -0.05) is 24.3 Å². The Bertz CT molecular complexity index is 1450. The first-order valence-electron chi connectivity index (χ1n) is 10.8. The number of likely N-dealkylation sites (N-methyl/N-ethyl adjacent to an activating group) is 1. The normalized spacial score (nSPS) is 14.0. The Balaban J connectivity index is 0.000000917. The maximum atomic E-state index is 13.5. The van der Waals surface area contributed by atoms with Crippen molar-refractivity contribution >= 4 is 33.1 Å². The highest BCUT2D eigenvalue weighted by Crippen LogP contribution is 2.32. The molecule has 1 aliphatic heterocycles. The molecule has 0 fully saturated rings. The number of aromatic nitrogens is 3. The van der Waals surface area contributed by atoms with E-state index in [-0.39, 0.29) is 11.4 Å². The number of pyridine rings is 2. The Kier molecular flexibility index (Phi) is 7.23. The first-order valence-corrected chi connectivity index (χ1v) is 12.2. The van der Waals surface area contributed by atoms with Gasteiger partial charge in [-0.2, -0.15) is 0 Å². The number of ether oxygens (including phenoxy) is 1. The molecule has 0 radical (unpaired) electrons. The maximum Gasteiger partial charge on any atom is 0.290 e. The summed E-state index contributed by atoms with van der Waals surface area (Å²) < 4.78 is 34.0. The van der Waals surface area contributed by atoms with Crippen molar-refractivity contribution in [3.05, 3.63) is 84.8 Å². The van der Waals surface area contributed by atoms with Crippen LogP contribution in [0.25, 0.3) is 16.6 Å². The molecule has 1 N–H and O–H groups in total. The molecule has 9 nitrogen and oxygen atoms in total. The molecule has 0 atom stereocenters. The van der Waals surface area contributed by atoms with Crippen molar-refractivity contribution in [2.24, 2.45) is 0 Å². The minimum absolute atomic E-state index is 0.0857. The quantitative estimate of drug-likeness (QED) is 0.418. The fourth-order valence-electron chi connectivity index (χ4n) is 3.78. The minimum Gasteiger partial charge on any atom is -0.483 e. The minimum atomic E-state index is -3.86. The second kappa shape index (κ2) is 10.5. The van der Waals surface area contributed by atoms with Crippen LogP contribution in [-0.2, 0) is 14.8 Å². The van der Waals surface area contributed by atoms with Gasteiger partial charge in [0.25, 0.3) is 16.5 Å². The third-order valence-electron chi connectivity index (χ3n) is 5.52. The molecule has 4 aromatic rings. The summed E-state index contributed by atoms with van der Waals surface area (Å²) in [7, 11) is -1.80. The van der Waals surface area contributed by atoms with Gasteiger partial charge in [-0.3, -0.25) is 9.78 Å². The van der Waals surface area contributed by atoms with E-state index in [4.69, 9.17) is 14.6 Å². The Morgan fingerprint density at radius 1 is 1.06 bits per heavy atom. The Hall–Kier alpha value is -4.02. The summed E-state index contributed by atoms with van der Waals surface area (Å²) in [6, 6.07) is 15.8. The van der Waals surface area contributed by atoms with Crippen LogP contribution in [0.4, 0.5) is 0 Å². The zero-order valence-corrected chi connectivity index (χ0v) is 19.8. The molecule has 1 aromatic carbocycles. The van der Waals surface area contributed by atoms with Gasteiger partial charge in [0.2, 0.25) is 5.88 Å². The summed E-state index contributed by atoms with van der Waals surface area (Å²) in [6.45, 7) is 1.50. The molecule has 1 aliphatic rings. The van der Waals surface area contributed by atoms with E-state index in [2.05, 4.69) is 28.0 Å². The molecular weight excluding hydrogens is 468 g/mol. The molecular formula is C25H24N4O5S. The van der Waals surface area contributed by atoms with Gasteiger partial charge in [-0.15, -0.1) is 0 Å². The Morgan fingerprint density at radius 2 is 1.83 bits per heavy atom. The van der Waals surface area contributed by atoms with Crippen molar-refractivity contribution in [2.75, 3.05) is 20.1 Å². The van der Waals surface area contributed by atoms with Gasteiger partial charge in [0.05, 0.1) is 17.2 Å². The smallest absolute Gasteiger partial charge is 0.290 e. The topological polar surface area (TPSA) is 115 Å². The number of fused-ring (bicyclic) bond motifs is 1. The highest BCUT2D eigenvalue weighted by atomic mass is 32.2. The van der Waals surface area contributed by atoms with Gasteiger partial charge >= 0.3 is 0 Å². The van der Waals surface area contributed by atoms with Gasteiger partial charge in [0.1, 0.15) is 10.6 Å². The number of hydrogen-bond donors (Lipinski definition) is 1. The number of nitrogens with zero attached hydrogens (tertiary/aromatic N) is 4. The van der Waals surface area contributed by atoms with Crippen LogP contribution in [0, 0.1) is 0 Å². The van der Waals surface area contributed by atoms with E-state index in [0.29, 0.717) is 22.7 Å². The molecule has 180 valence electrons. The second-order valence-corrected chi connectivity index (χ2v) is 9.62. The fourth-order valence-corrected chi connectivity index (χ4v) is 5.09. The summed E-state index contributed by atoms with van der Waals surface area (Å²) in [6.07, 6.45) is 7.68. The van der Waals surface area contributed by atoms with E-state index in [1.807, 2.05) is 30.3 Å².